The Balaban J connectivity index is 0.00000110. The number of halogens is 1. The lowest BCUT2D eigenvalue weighted by Gasteiger charge is -2.64. The first-order chi connectivity index (χ1) is 8.52. The van der Waals surface area contributed by atoms with Gasteiger partial charge in [-0.25, -0.2) is 0 Å². The molecule has 5 atom stereocenters. The Morgan fingerprint density at radius 3 is 2.63 bits per heavy atom. The highest BCUT2D eigenvalue weighted by Crippen LogP contribution is 2.65. The van der Waals surface area contributed by atoms with Crippen molar-refractivity contribution in [3.05, 3.63) is 0 Å². The van der Waals surface area contributed by atoms with Gasteiger partial charge in [-0.2, -0.15) is 0 Å². The Morgan fingerprint density at radius 2 is 2.00 bits per heavy atom. The zero-order valence-corrected chi connectivity index (χ0v) is 13.0. The molecule has 108 valence electrons. The van der Waals surface area contributed by atoms with Crippen LogP contribution in [0.25, 0.3) is 0 Å². The van der Waals surface area contributed by atoms with Gasteiger partial charge in [-0.1, -0.05) is 13.8 Å². The van der Waals surface area contributed by atoms with E-state index in [9.17, 15) is 0 Å². The predicted molar refractivity (Wildman–Crippen MR) is 78.4 cm³/mol. The van der Waals surface area contributed by atoms with Crippen LogP contribution >= 0.6 is 12.4 Å². The van der Waals surface area contributed by atoms with Gasteiger partial charge in [0.15, 0.2) is 0 Å². The van der Waals surface area contributed by atoms with Crippen LogP contribution in [0.3, 0.4) is 0 Å². The molecule has 1 N–H and O–H groups in total. The zero-order valence-electron chi connectivity index (χ0n) is 12.1. The molecule has 2 aliphatic heterocycles. The van der Waals surface area contributed by atoms with Crippen LogP contribution in [0.15, 0.2) is 0 Å². The van der Waals surface area contributed by atoms with Crippen molar-refractivity contribution < 1.29 is 9.31 Å². The maximum atomic E-state index is 6.44. The summed E-state index contributed by atoms with van der Waals surface area (Å²) in [5.74, 6) is 1.95. The summed E-state index contributed by atoms with van der Waals surface area (Å²) in [6, 6.07) is 0. The van der Waals surface area contributed by atoms with Gasteiger partial charge in [0, 0.05) is 5.94 Å². The summed E-state index contributed by atoms with van der Waals surface area (Å²) < 4.78 is 12.7. The van der Waals surface area contributed by atoms with E-state index in [4.69, 9.17) is 9.31 Å². The fourth-order valence-corrected chi connectivity index (χ4v) is 5.01. The molecule has 3 saturated carbocycles. The summed E-state index contributed by atoms with van der Waals surface area (Å²) in [4.78, 5) is 0. The first-order valence-electron chi connectivity index (χ1n) is 7.58. The van der Waals surface area contributed by atoms with Gasteiger partial charge < -0.3 is 14.6 Å². The van der Waals surface area contributed by atoms with Crippen LogP contribution in [-0.2, 0) is 9.31 Å². The fraction of sp³-hybridized carbons (Fsp3) is 1.00. The average Bonchev–Trinajstić information content (AvgIpc) is 2.92. The Labute approximate surface area is 122 Å². The molecule has 3 aliphatic carbocycles. The number of hydrogen-bond acceptors (Lipinski definition) is 3. The second kappa shape index (κ2) is 4.36. The third-order valence-electron chi connectivity index (χ3n) is 6.40. The monoisotopic (exact) mass is 285 g/mol. The molecule has 0 spiro atoms. The Kier molecular flexibility index (Phi) is 3.26. The molecule has 5 fully saturated rings. The number of hydrogen-bond donors (Lipinski definition) is 1. The van der Waals surface area contributed by atoms with Gasteiger partial charge in [0.25, 0.3) is 0 Å². The Hall–Kier alpha value is 0.235. The smallest absolute Gasteiger partial charge is 0.404 e. The van der Waals surface area contributed by atoms with E-state index in [1.54, 1.807) is 0 Å². The summed E-state index contributed by atoms with van der Waals surface area (Å²) in [7, 11) is -0.00218. The minimum absolute atomic E-state index is 0. The summed E-state index contributed by atoms with van der Waals surface area (Å²) in [5, 5.41) is 3.52. The van der Waals surface area contributed by atoms with Crippen LogP contribution in [0.1, 0.15) is 46.5 Å². The summed E-state index contributed by atoms with van der Waals surface area (Å²) in [5.41, 5.74) is 0.416. The lowest BCUT2D eigenvalue weighted by atomic mass is 9.43. The van der Waals surface area contributed by atoms with E-state index in [-0.39, 0.29) is 25.1 Å². The van der Waals surface area contributed by atoms with Crippen LogP contribution in [0.4, 0.5) is 0 Å². The topological polar surface area (TPSA) is 30.5 Å². The standard InChI is InChI=1S/C14H24BNO2.ClH/c1-13(2)9-7-10(13)14(3)11(8-9)17-15(18-14)12-5-4-6-16-12;/h9-12,16H,4-8H2,1-3H3;1H/t9-,10-,11+,12?,14-;/m0./s1. The molecular formula is C14H25BClNO2. The van der Waals surface area contributed by atoms with E-state index < -0.39 is 0 Å². The zero-order chi connectivity index (χ0) is 12.5. The van der Waals surface area contributed by atoms with E-state index in [1.807, 2.05) is 0 Å². The van der Waals surface area contributed by atoms with Crippen molar-refractivity contribution in [1.29, 1.82) is 0 Å². The average molecular weight is 286 g/mol. The first-order valence-corrected chi connectivity index (χ1v) is 7.58. The summed E-state index contributed by atoms with van der Waals surface area (Å²) in [6.07, 6.45) is 5.33. The largest absolute Gasteiger partial charge is 0.475 e. The lowest BCUT2D eigenvalue weighted by molar-refractivity contribution is -0.199. The van der Waals surface area contributed by atoms with Crippen LogP contribution in [0.2, 0.25) is 0 Å². The van der Waals surface area contributed by atoms with E-state index in [0.29, 0.717) is 23.4 Å². The minimum atomic E-state index is -0.0345. The molecule has 3 nitrogen and oxygen atoms in total. The molecule has 0 aromatic heterocycles. The fourth-order valence-electron chi connectivity index (χ4n) is 5.01. The molecule has 0 aromatic rings. The lowest BCUT2D eigenvalue weighted by Crippen LogP contribution is -2.65. The van der Waals surface area contributed by atoms with Crippen molar-refractivity contribution in [3.63, 3.8) is 0 Å². The van der Waals surface area contributed by atoms with Gasteiger partial charge in [0.2, 0.25) is 0 Å². The maximum Gasteiger partial charge on any atom is 0.475 e. The molecule has 5 aliphatic rings. The molecule has 19 heavy (non-hydrogen) atoms. The quantitative estimate of drug-likeness (QED) is 0.751. The SMILES string of the molecule is CC1(C)[C@@H]2C[C@H]3OB(C4CCCN4)O[C@@]3(C)[C@H]1C2.Cl. The van der Waals surface area contributed by atoms with Crippen molar-refractivity contribution in [3.8, 4) is 0 Å². The predicted octanol–water partition coefficient (Wildman–Crippen LogP) is 2.43. The molecule has 2 heterocycles. The van der Waals surface area contributed by atoms with Crippen molar-refractivity contribution in [2.75, 3.05) is 6.54 Å². The number of nitrogens with one attached hydrogen (secondary N) is 1. The van der Waals surface area contributed by atoms with Crippen LogP contribution < -0.4 is 5.32 Å². The van der Waals surface area contributed by atoms with Crippen LogP contribution in [0.5, 0.6) is 0 Å². The van der Waals surface area contributed by atoms with Crippen molar-refractivity contribution in [2.24, 2.45) is 17.3 Å². The first kappa shape index (κ1) is 14.2. The second-order valence-electron chi connectivity index (χ2n) is 7.54. The van der Waals surface area contributed by atoms with Gasteiger partial charge in [-0.15, -0.1) is 12.4 Å². The molecule has 5 heteroatoms. The second-order valence-corrected chi connectivity index (χ2v) is 7.54. The van der Waals surface area contributed by atoms with Crippen molar-refractivity contribution in [2.45, 2.75) is 64.1 Å². The molecule has 2 saturated heterocycles. The molecule has 5 rings (SSSR count). The normalized spacial score (nSPS) is 50.4. The van der Waals surface area contributed by atoms with Gasteiger partial charge in [0.05, 0.1) is 11.7 Å². The highest BCUT2D eigenvalue weighted by Gasteiger charge is 2.68. The summed E-state index contributed by atoms with van der Waals surface area (Å²) in [6.45, 7) is 8.25. The van der Waals surface area contributed by atoms with Gasteiger partial charge in [-0.05, 0) is 56.4 Å². The van der Waals surface area contributed by atoms with Crippen LogP contribution in [0, 0.1) is 17.3 Å². The van der Waals surface area contributed by atoms with Gasteiger partial charge in [0.1, 0.15) is 0 Å². The Bertz CT molecular complexity index is 374. The van der Waals surface area contributed by atoms with E-state index in [0.717, 1.165) is 12.5 Å². The van der Waals surface area contributed by atoms with E-state index in [2.05, 4.69) is 26.1 Å². The Morgan fingerprint density at radius 1 is 1.21 bits per heavy atom. The molecule has 1 unspecified atom stereocenters. The highest BCUT2D eigenvalue weighted by molar-refractivity contribution is 6.47. The minimum Gasteiger partial charge on any atom is -0.404 e. The number of rotatable bonds is 1. The molecule has 0 aromatic carbocycles. The highest BCUT2D eigenvalue weighted by atomic mass is 35.5. The van der Waals surface area contributed by atoms with Crippen LogP contribution in [-0.4, -0.2) is 31.3 Å². The molecular weight excluding hydrogens is 260 g/mol. The molecule has 0 radical (unpaired) electrons. The molecule has 2 bridgehead atoms. The maximum absolute atomic E-state index is 6.44. The van der Waals surface area contributed by atoms with E-state index >= 15 is 0 Å². The van der Waals surface area contributed by atoms with Gasteiger partial charge >= 0.3 is 7.12 Å². The third-order valence-corrected chi connectivity index (χ3v) is 6.40. The third kappa shape index (κ3) is 1.76. The van der Waals surface area contributed by atoms with E-state index in [1.165, 1.54) is 25.7 Å². The van der Waals surface area contributed by atoms with Crippen molar-refractivity contribution >= 4 is 19.5 Å². The van der Waals surface area contributed by atoms with Crippen molar-refractivity contribution in [1.82, 2.24) is 5.32 Å². The summed E-state index contributed by atoms with van der Waals surface area (Å²) >= 11 is 0. The van der Waals surface area contributed by atoms with Gasteiger partial charge in [-0.3, -0.25) is 0 Å². The molecule has 0 amide bonds.